The van der Waals surface area contributed by atoms with Gasteiger partial charge in [0.05, 0.1) is 6.04 Å². The number of rotatable bonds is 9. The lowest BCUT2D eigenvalue weighted by atomic mass is 10.0. The zero-order valence-corrected chi connectivity index (χ0v) is 25.6. The zero-order valence-electron chi connectivity index (χ0n) is 25.6. The maximum atomic E-state index is 13.4. The van der Waals surface area contributed by atoms with Crippen molar-refractivity contribution in [2.75, 3.05) is 25.5 Å². The summed E-state index contributed by atoms with van der Waals surface area (Å²) in [6, 6.07) is 23.3. The second kappa shape index (κ2) is 14.1. The van der Waals surface area contributed by atoms with Crippen LogP contribution in [0.5, 0.6) is 0 Å². The number of carbonyl (C=O) groups excluding carboxylic acids is 4. The quantitative estimate of drug-likeness (QED) is 0.246. The molecule has 0 spiro atoms. The fourth-order valence-electron chi connectivity index (χ4n) is 6.63. The van der Waals surface area contributed by atoms with Crippen LogP contribution >= 0.6 is 0 Å². The number of anilines is 1. The number of likely N-dealkylation sites (tertiary alicyclic amines) is 2. The largest absolute Gasteiger partial charge is 0.456 e. The Morgan fingerprint density at radius 1 is 0.870 bits per heavy atom. The second-order valence-corrected chi connectivity index (χ2v) is 11.9. The zero-order chi connectivity index (χ0) is 31.5. The number of ketones is 1. The molecule has 2 aliphatic rings. The number of likely N-dealkylation sites (N-methyl/N-ethyl adjacent to an activating group) is 1. The average molecular weight is 623 g/mol. The summed E-state index contributed by atoms with van der Waals surface area (Å²) in [6.07, 6.45) is 3.23. The van der Waals surface area contributed by atoms with Gasteiger partial charge in [-0.15, -0.1) is 0 Å². The third-order valence-corrected chi connectivity index (χ3v) is 8.93. The molecule has 2 fully saturated rings. The number of benzene rings is 3. The van der Waals surface area contributed by atoms with Gasteiger partial charge in [0.2, 0.25) is 17.7 Å². The van der Waals surface area contributed by atoms with Crippen LogP contribution in [0.25, 0.3) is 22.3 Å². The summed E-state index contributed by atoms with van der Waals surface area (Å²) < 4.78 is 6.10. The van der Waals surface area contributed by atoms with Gasteiger partial charge in [0, 0.05) is 43.1 Å². The van der Waals surface area contributed by atoms with E-state index in [-0.39, 0.29) is 43.4 Å². The molecule has 4 aromatic rings. The van der Waals surface area contributed by atoms with Gasteiger partial charge in [-0.2, -0.15) is 0 Å². The maximum absolute atomic E-state index is 13.4. The Bertz CT molecular complexity index is 1710. The van der Waals surface area contributed by atoms with Gasteiger partial charge >= 0.3 is 0 Å². The first-order chi connectivity index (χ1) is 21.8. The number of hydrogen-bond donors (Lipinski definition) is 2. The van der Waals surface area contributed by atoms with Crippen LogP contribution < -0.4 is 10.6 Å². The van der Waals surface area contributed by atoms with Crippen LogP contribution in [0, 0.1) is 0 Å². The van der Waals surface area contributed by atoms with Gasteiger partial charge in [-0.3, -0.25) is 19.2 Å². The molecule has 0 aliphatic carbocycles. The Hall–Kier alpha value is -4.76. The highest BCUT2D eigenvalue weighted by Crippen LogP contribution is 2.31. The van der Waals surface area contributed by atoms with Gasteiger partial charge in [0.25, 0.3) is 0 Å². The molecule has 0 bridgehead atoms. The van der Waals surface area contributed by atoms with Gasteiger partial charge in [-0.05, 0) is 86.3 Å². The molecule has 0 unspecified atom stereocenters. The molecule has 3 amide bonds. The van der Waals surface area contributed by atoms with E-state index in [1.165, 1.54) is 6.92 Å². The lowest BCUT2D eigenvalue weighted by Crippen LogP contribution is -2.47. The van der Waals surface area contributed by atoms with Crippen molar-refractivity contribution in [3.05, 3.63) is 90.0 Å². The first-order valence-electron chi connectivity index (χ1n) is 15.6. The summed E-state index contributed by atoms with van der Waals surface area (Å²) in [4.78, 5) is 55.0. The second-order valence-electron chi connectivity index (χ2n) is 11.9. The molecule has 2 N–H and O–H groups in total. The number of nitrogens with one attached hydrogen (secondary N) is 2. The van der Waals surface area contributed by atoms with E-state index < -0.39 is 12.1 Å². The van der Waals surface area contributed by atoms with Gasteiger partial charge in [0.1, 0.15) is 23.4 Å². The molecule has 1 aromatic heterocycles. The van der Waals surface area contributed by atoms with Gasteiger partial charge < -0.3 is 24.9 Å². The first kappa shape index (κ1) is 32.6. The minimum absolute atomic E-state index is 0. The molecule has 240 valence electrons. The highest BCUT2D eigenvalue weighted by molar-refractivity contribution is 5.98. The lowest BCUT2D eigenvalue weighted by molar-refractivity contribution is -0.138. The van der Waals surface area contributed by atoms with E-state index >= 15 is 0 Å². The van der Waals surface area contributed by atoms with Crippen LogP contribution in [-0.2, 0) is 25.6 Å². The summed E-state index contributed by atoms with van der Waals surface area (Å²) >= 11 is 0. The summed E-state index contributed by atoms with van der Waals surface area (Å²) in [5.74, 6) is 0.378. The third kappa shape index (κ3) is 6.74. The van der Waals surface area contributed by atoms with Crippen molar-refractivity contribution in [3.8, 4) is 11.3 Å². The number of furan rings is 1. The molecule has 3 aromatic carbocycles. The Labute approximate surface area is 269 Å². The van der Waals surface area contributed by atoms with Crippen LogP contribution in [0.2, 0.25) is 0 Å². The van der Waals surface area contributed by atoms with Crippen molar-refractivity contribution in [1.82, 2.24) is 15.1 Å². The molecule has 9 nitrogen and oxygen atoms in total. The smallest absolute Gasteiger partial charge is 0.247 e. The predicted molar refractivity (Wildman–Crippen MR) is 179 cm³/mol. The monoisotopic (exact) mass is 622 g/mol. The van der Waals surface area contributed by atoms with Crippen molar-refractivity contribution in [3.63, 3.8) is 0 Å². The minimum Gasteiger partial charge on any atom is -0.456 e. The van der Waals surface area contributed by atoms with Gasteiger partial charge in [0.15, 0.2) is 5.78 Å². The average Bonchev–Trinajstić information content (AvgIpc) is 3.82. The van der Waals surface area contributed by atoms with Crippen molar-refractivity contribution >= 4 is 40.2 Å². The molecule has 2 aliphatic heterocycles. The molecular weight excluding hydrogens is 580 g/mol. The standard InChI is InChI=1S/C36H38N4O5.CH4/c1-23(41)39-18-6-10-29(39)31(42)21-24-12-17-32-27(20-24)22-33(45-32)25-13-15-28(16-14-25)38-35(43)30-11-7-19-40(30)36(44)34(37-2)26-8-4-3-5-9-26;/h3-5,8-9,12-17,20,22,29-30,34,37H,6-7,10-11,18-19,21H2,1-2H3,(H,38,43);1H4/t29-,30-,34+;/m0./s1. The fourth-order valence-corrected chi connectivity index (χ4v) is 6.63. The van der Waals surface area contributed by atoms with Crippen molar-refractivity contribution in [1.29, 1.82) is 0 Å². The third-order valence-electron chi connectivity index (χ3n) is 8.93. The minimum atomic E-state index is -0.535. The molecular formula is C37H42N4O5. The van der Waals surface area contributed by atoms with E-state index in [9.17, 15) is 19.2 Å². The Kier molecular flexibility index (Phi) is 10.0. The Morgan fingerprint density at radius 2 is 1.57 bits per heavy atom. The number of carbonyl (C=O) groups is 4. The Balaban J connectivity index is 0.00000417. The van der Waals surface area contributed by atoms with E-state index in [2.05, 4.69) is 10.6 Å². The van der Waals surface area contributed by atoms with Crippen molar-refractivity contribution in [2.45, 2.75) is 64.6 Å². The van der Waals surface area contributed by atoms with E-state index in [0.29, 0.717) is 36.5 Å². The summed E-state index contributed by atoms with van der Waals surface area (Å²) in [5.41, 5.74) is 3.96. The van der Waals surface area contributed by atoms with Crippen LogP contribution in [0.4, 0.5) is 5.69 Å². The number of hydrogen-bond acceptors (Lipinski definition) is 6. The van der Waals surface area contributed by atoms with Crippen LogP contribution in [0.3, 0.4) is 0 Å². The molecule has 3 atom stereocenters. The molecule has 6 rings (SSSR count). The number of amides is 3. The number of nitrogens with zero attached hydrogens (tertiary/aromatic N) is 2. The van der Waals surface area contributed by atoms with E-state index in [0.717, 1.165) is 41.3 Å². The lowest BCUT2D eigenvalue weighted by Gasteiger charge is -2.28. The summed E-state index contributed by atoms with van der Waals surface area (Å²) in [5, 5.41) is 6.99. The summed E-state index contributed by atoms with van der Waals surface area (Å²) in [7, 11) is 1.76. The first-order valence-corrected chi connectivity index (χ1v) is 15.6. The molecule has 46 heavy (non-hydrogen) atoms. The predicted octanol–water partition coefficient (Wildman–Crippen LogP) is 5.75. The van der Waals surface area contributed by atoms with Gasteiger partial charge in [-0.25, -0.2) is 0 Å². The molecule has 2 saturated heterocycles. The number of fused-ring (bicyclic) bond motifs is 1. The highest BCUT2D eigenvalue weighted by atomic mass is 16.3. The number of Topliss-reactive ketones (excluding diaryl/α,β-unsaturated/α-hetero) is 1. The molecule has 0 saturated carbocycles. The molecule has 0 radical (unpaired) electrons. The van der Waals surface area contributed by atoms with E-state index in [4.69, 9.17) is 4.42 Å². The maximum Gasteiger partial charge on any atom is 0.247 e. The van der Waals surface area contributed by atoms with Crippen molar-refractivity contribution in [2.24, 2.45) is 0 Å². The highest BCUT2D eigenvalue weighted by Gasteiger charge is 2.37. The summed E-state index contributed by atoms with van der Waals surface area (Å²) in [6.45, 7) is 2.70. The topological polar surface area (TPSA) is 112 Å². The Morgan fingerprint density at radius 3 is 2.26 bits per heavy atom. The van der Waals surface area contributed by atoms with E-state index in [1.54, 1.807) is 16.8 Å². The van der Waals surface area contributed by atoms with Crippen molar-refractivity contribution < 1.29 is 23.6 Å². The van der Waals surface area contributed by atoms with Gasteiger partial charge in [-0.1, -0.05) is 43.8 Å². The van der Waals surface area contributed by atoms with Crippen LogP contribution in [0.1, 0.15) is 57.2 Å². The molecule has 3 heterocycles. The fraction of sp³-hybridized carbons (Fsp3) is 0.351. The normalized spacial score (nSPS) is 18.3. The van der Waals surface area contributed by atoms with Crippen LogP contribution in [0.15, 0.2) is 83.3 Å². The van der Waals surface area contributed by atoms with E-state index in [1.807, 2.05) is 78.9 Å². The molecule has 9 heteroatoms. The SMILES string of the molecule is C.CN[C@@H](C(=O)N1CCC[C@H]1C(=O)Nc1ccc(-c2cc3cc(CC(=O)[C@@H]4CCCN4C(C)=O)ccc3o2)cc1)c1ccccc1. The van der Waals surface area contributed by atoms with Crippen LogP contribution in [-0.4, -0.2) is 65.5 Å².